The Labute approximate surface area is 98.0 Å². The molecule has 0 aliphatic rings. The summed E-state index contributed by atoms with van der Waals surface area (Å²) in [7, 11) is 0. The van der Waals surface area contributed by atoms with Crippen molar-refractivity contribution in [2.75, 3.05) is 0 Å². The monoisotopic (exact) mass is 238 g/mol. The Morgan fingerprint density at radius 1 is 1.53 bits per heavy atom. The second kappa shape index (κ2) is 5.97. The maximum absolute atomic E-state index is 13.2. The van der Waals surface area contributed by atoms with Crippen molar-refractivity contribution in [2.24, 2.45) is 5.73 Å². The number of halogens is 2. The third-order valence-electron chi connectivity index (χ3n) is 2.14. The summed E-state index contributed by atoms with van der Waals surface area (Å²) in [6.45, 7) is -0.124. The molecule has 0 spiro atoms. The molecule has 0 heterocycles. The standard InChI is InChI=1S/C12H12F2N2O/c1-2-3-11(15)12(17)16-7-8-6-9(13)4-5-10(8)14/h1,4-6,11H,3,7,15H2,(H,16,17). The number of rotatable bonds is 4. The highest BCUT2D eigenvalue weighted by atomic mass is 19.1. The summed E-state index contributed by atoms with van der Waals surface area (Å²) in [5.74, 6) is 0.601. The fraction of sp³-hybridized carbons (Fsp3) is 0.250. The minimum absolute atomic E-state index is 0.0613. The van der Waals surface area contributed by atoms with E-state index in [4.69, 9.17) is 12.2 Å². The molecule has 0 saturated heterocycles. The van der Waals surface area contributed by atoms with Crippen LogP contribution in [0.4, 0.5) is 8.78 Å². The minimum Gasteiger partial charge on any atom is -0.351 e. The van der Waals surface area contributed by atoms with Crippen LogP contribution in [-0.4, -0.2) is 11.9 Å². The van der Waals surface area contributed by atoms with Gasteiger partial charge in [-0.25, -0.2) is 8.78 Å². The molecule has 0 radical (unpaired) electrons. The summed E-state index contributed by atoms with van der Waals surface area (Å²) >= 11 is 0. The largest absolute Gasteiger partial charge is 0.351 e. The van der Waals surface area contributed by atoms with Crippen LogP contribution in [0.15, 0.2) is 18.2 Å². The fourth-order valence-corrected chi connectivity index (χ4v) is 1.21. The van der Waals surface area contributed by atoms with Crippen LogP contribution in [0.5, 0.6) is 0 Å². The molecule has 3 N–H and O–H groups in total. The van der Waals surface area contributed by atoms with Gasteiger partial charge in [-0.3, -0.25) is 4.79 Å². The second-order valence-electron chi connectivity index (χ2n) is 3.47. The SMILES string of the molecule is C#CCC(N)C(=O)NCc1cc(F)ccc1F. The number of benzene rings is 1. The second-order valence-corrected chi connectivity index (χ2v) is 3.47. The van der Waals surface area contributed by atoms with Crippen LogP contribution in [0, 0.1) is 24.0 Å². The third kappa shape index (κ3) is 3.85. The summed E-state index contributed by atoms with van der Waals surface area (Å²) in [4.78, 5) is 11.4. The van der Waals surface area contributed by atoms with Gasteiger partial charge in [-0.05, 0) is 18.2 Å². The van der Waals surface area contributed by atoms with Crippen molar-refractivity contribution in [1.29, 1.82) is 0 Å². The van der Waals surface area contributed by atoms with Crippen LogP contribution in [0.2, 0.25) is 0 Å². The molecule has 0 fully saturated rings. The topological polar surface area (TPSA) is 55.1 Å². The van der Waals surface area contributed by atoms with Gasteiger partial charge in [-0.15, -0.1) is 12.3 Å². The van der Waals surface area contributed by atoms with E-state index in [0.29, 0.717) is 0 Å². The predicted molar refractivity (Wildman–Crippen MR) is 59.6 cm³/mol. The van der Waals surface area contributed by atoms with Crippen LogP contribution in [-0.2, 0) is 11.3 Å². The zero-order valence-electron chi connectivity index (χ0n) is 9.04. The van der Waals surface area contributed by atoms with Crippen LogP contribution in [0.3, 0.4) is 0 Å². The normalized spacial score (nSPS) is 11.6. The van der Waals surface area contributed by atoms with E-state index in [1.54, 1.807) is 0 Å². The summed E-state index contributed by atoms with van der Waals surface area (Å²) in [5.41, 5.74) is 5.50. The van der Waals surface area contributed by atoms with Gasteiger partial charge in [-0.1, -0.05) is 0 Å². The van der Waals surface area contributed by atoms with Gasteiger partial charge in [0.15, 0.2) is 0 Å². The lowest BCUT2D eigenvalue weighted by Gasteiger charge is -2.10. The molecule has 17 heavy (non-hydrogen) atoms. The Morgan fingerprint density at radius 2 is 2.24 bits per heavy atom. The van der Waals surface area contributed by atoms with Crippen molar-refractivity contribution < 1.29 is 13.6 Å². The molecule has 1 aromatic carbocycles. The Morgan fingerprint density at radius 3 is 2.88 bits per heavy atom. The highest BCUT2D eigenvalue weighted by Gasteiger charge is 2.12. The lowest BCUT2D eigenvalue weighted by Crippen LogP contribution is -2.40. The zero-order chi connectivity index (χ0) is 12.8. The van der Waals surface area contributed by atoms with E-state index in [-0.39, 0.29) is 18.5 Å². The molecule has 1 rings (SSSR count). The number of carbonyl (C=O) groups excluding carboxylic acids is 1. The van der Waals surface area contributed by atoms with E-state index >= 15 is 0 Å². The average molecular weight is 238 g/mol. The van der Waals surface area contributed by atoms with Gasteiger partial charge in [0, 0.05) is 18.5 Å². The van der Waals surface area contributed by atoms with Gasteiger partial charge in [0.05, 0.1) is 6.04 Å². The van der Waals surface area contributed by atoms with Gasteiger partial charge in [0.25, 0.3) is 0 Å². The fourth-order valence-electron chi connectivity index (χ4n) is 1.21. The lowest BCUT2D eigenvalue weighted by molar-refractivity contribution is -0.122. The zero-order valence-corrected chi connectivity index (χ0v) is 9.04. The molecule has 1 amide bonds. The van der Waals surface area contributed by atoms with E-state index < -0.39 is 23.6 Å². The first-order valence-corrected chi connectivity index (χ1v) is 4.95. The number of nitrogens with one attached hydrogen (secondary N) is 1. The molecule has 1 unspecified atom stereocenters. The smallest absolute Gasteiger partial charge is 0.238 e. The first-order valence-electron chi connectivity index (χ1n) is 4.95. The molecule has 0 aliphatic heterocycles. The number of hydrogen-bond acceptors (Lipinski definition) is 2. The van der Waals surface area contributed by atoms with Crippen LogP contribution in [0.1, 0.15) is 12.0 Å². The average Bonchev–Trinajstić information content (AvgIpc) is 2.30. The molecule has 1 atom stereocenters. The van der Waals surface area contributed by atoms with Crippen molar-refractivity contribution in [1.82, 2.24) is 5.32 Å². The number of amides is 1. The van der Waals surface area contributed by atoms with E-state index in [2.05, 4.69) is 11.2 Å². The van der Waals surface area contributed by atoms with E-state index in [0.717, 1.165) is 18.2 Å². The predicted octanol–water partition coefficient (Wildman–Crippen LogP) is 0.932. The molecule has 0 bridgehead atoms. The highest BCUT2D eigenvalue weighted by molar-refractivity contribution is 5.81. The Bertz CT molecular complexity index is 454. The third-order valence-corrected chi connectivity index (χ3v) is 2.14. The van der Waals surface area contributed by atoms with Crippen LogP contribution >= 0.6 is 0 Å². The van der Waals surface area contributed by atoms with Gasteiger partial charge < -0.3 is 11.1 Å². The number of nitrogens with two attached hydrogens (primary N) is 1. The first-order chi connectivity index (χ1) is 8.04. The highest BCUT2D eigenvalue weighted by Crippen LogP contribution is 2.09. The van der Waals surface area contributed by atoms with Crippen molar-refractivity contribution in [3.8, 4) is 12.3 Å². The van der Waals surface area contributed by atoms with Crippen molar-refractivity contribution >= 4 is 5.91 Å². The van der Waals surface area contributed by atoms with Crippen molar-refractivity contribution in [2.45, 2.75) is 19.0 Å². The molecular formula is C12H12F2N2O. The van der Waals surface area contributed by atoms with E-state index in [1.807, 2.05) is 0 Å². The van der Waals surface area contributed by atoms with Crippen LogP contribution < -0.4 is 11.1 Å². The van der Waals surface area contributed by atoms with E-state index in [9.17, 15) is 13.6 Å². The molecule has 0 saturated carbocycles. The molecule has 0 aliphatic carbocycles. The van der Waals surface area contributed by atoms with Gasteiger partial charge in [0.2, 0.25) is 5.91 Å². The molecule has 0 aromatic heterocycles. The number of terminal acetylenes is 1. The minimum atomic E-state index is -0.836. The quantitative estimate of drug-likeness (QED) is 0.767. The molecular weight excluding hydrogens is 226 g/mol. The van der Waals surface area contributed by atoms with Gasteiger partial charge in [-0.2, -0.15) is 0 Å². The van der Waals surface area contributed by atoms with Crippen LogP contribution in [0.25, 0.3) is 0 Å². The van der Waals surface area contributed by atoms with E-state index in [1.165, 1.54) is 0 Å². The lowest BCUT2D eigenvalue weighted by atomic mass is 10.2. The maximum atomic E-state index is 13.2. The van der Waals surface area contributed by atoms with Gasteiger partial charge >= 0.3 is 0 Å². The number of carbonyl (C=O) groups is 1. The molecule has 3 nitrogen and oxygen atoms in total. The summed E-state index contributed by atoms with van der Waals surface area (Å²) in [5, 5.41) is 2.39. The van der Waals surface area contributed by atoms with Gasteiger partial charge in [0.1, 0.15) is 11.6 Å². The Hall–Kier alpha value is -1.93. The summed E-state index contributed by atoms with van der Waals surface area (Å²) in [6.07, 6.45) is 5.09. The Kier molecular flexibility index (Phi) is 4.61. The molecule has 5 heteroatoms. The van der Waals surface area contributed by atoms with Crippen molar-refractivity contribution in [3.05, 3.63) is 35.4 Å². The first kappa shape index (κ1) is 13.1. The Balaban J connectivity index is 2.59. The molecule has 90 valence electrons. The number of hydrogen-bond donors (Lipinski definition) is 2. The van der Waals surface area contributed by atoms with Crippen molar-refractivity contribution in [3.63, 3.8) is 0 Å². The summed E-state index contributed by atoms with van der Waals surface area (Å²) in [6, 6.07) is 2.18. The summed E-state index contributed by atoms with van der Waals surface area (Å²) < 4.78 is 26.0. The molecule has 1 aromatic rings. The maximum Gasteiger partial charge on any atom is 0.238 e.